The van der Waals surface area contributed by atoms with Crippen LogP contribution in [0, 0.1) is 0 Å². The van der Waals surface area contributed by atoms with E-state index in [1.54, 1.807) is 0 Å². The Bertz CT molecular complexity index is 241. The third kappa shape index (κ3) is 3.02. The van der Waals surface area contributed by atoms with Crippen molar-refractivity contribution in [1.29, 1.82) is 0 Å². The molecule has 0 aliphatic rings. The van der Waals surface area contributed by atoms with Crippen LogP contribution in [0.3, 0.4) is 0 Å². The Morgan fingerprint density at radius 3 is 1.73 bits per heavy atom. The molecule has 0 atom stereocenters. The van der Waals surface area contributed by atoms with E-state index < -0.39 is 0 Å². The van der Waals surface area contributed by atoms with Gasteiger partial charge in [0.1, 0.15) is 0 Å². The van der Waals surface area contributed by atoms with Crippen molar-refractivity contribution in [3.05, 3.63) is 27.2 Å². The molecule has 0 aliphatic heterocycles. The fourth-order valence-electron chi connectivity index (χ4n) is 0.532. The molecule has 1 rings (SSSR count). The first-order valence-corrected chi connectivity index (χ1v) is 3.56. The summed E-state index contributed by atoms with van der Waals surface area (Å²) in [4.78, 5) is 0. The van der Waals surface area contributed by atoms with E-state index in [1.807, 2.05) is 0 Å². The van der Waals surface area contributed by atoms with Crippen molar-refractivity contribution in [2.24, 2.45) is 0 Å². The zero-order valence-corrected chi connectivity index (χ0v) is 9.96. The summed E-state index contributed by atoms with van der Waals surface area (Å²) in [6.45, 7) is 0. The summed E-state index contributed by atoms with van der Waals surface area (Å²) in [5.41, 5.74) is 0. The number of hydrogen-bond donors (Lipinski definition) is 0. The first kappa shape index (κ1) is 11.9. The Labute approximate surface area is 102 Å². The maximum Gasteiger partial charge on any atom is 1.00 e. The Balaban J connectivity index is 0.000001000. The Kier molecular flexibility index (Phi) is 5.19. The van der Waals surface area contributed by atoms with Crippen LogP contribution in [0.4, 0.5) is 0 Å². The molecule has 0 unspecified atom stereocenters. The van der Waals surface area contributed by atoms with E-state index in [9.17, 15) is 5.11 Å². The normalized spacial score (nSPS) is 9.00. The van der Waals surface area contributed by atoms with E-state index in [4.69, 9.17) is 34.8 Å². The second-order valence-electron chi connectivity index (χ2n) is 1.70. The number of halogens is 3. The molecule has 0 N–H and O–H groups in total. The van der Waals surface area contributed by atoms with Crippen LogP contribution in [0.5, 0.6) is 5.75 Å². The van der Waals surface area contributed by atoms with Crippen molar-refractivity contribution < 1.29 is 34.7 Å². The quantitative estimate of drug-likeness (QED) is 0.435. The van der Waals surface area contributed by atoms with Gasteiger partial charge in [0.2, 0.25) is 0 Å². The molecule has 11 heavy (non-hydrogen) atoms. The van der Waals surface area contributed by atoms with Crippen LogP contribution in [0.1, 0.15) is 0 Å². The summed E-state index contributed by atoms with van der Waals surface area (Å²) in [6, 6.07) is 2.44. The first-order valence-electron chi connectivity index (χ1n) is 2.43. The maximum absolute atomic E-state index is 10.6. The van der Waals surface area contributed by atoms with Crippen LogP contribution in [-0.2, 0) is 0 Å². The van der Waals surface area contributed by atoms with Gasteiger partial charge in [0.05, 0.1) is 15.1 Å². The average Bonchev–Trinajstić information content (AvgIpc) is 1.82. The molecule has 0 spiro atoms. The summed E-state index contributed by atoms with van der Waals surface area (Å²) in [7, 11) is 0. The fourth-order valence-corrected chi connectivity index (χ4v) is 1.11. The van der Waals surface area contributed by atoms with Crippen LogP contribution in [0.25, 0.3) is 0 Å². The van der Waals surface area contributed by atoms with Gasteiger partial charge in [-0.25, -0.2) is 0 Å². The second kappa shape index (κ2) is 4.80. The standard InChI is InChI=1S/C6H3Cl3O.Na/c7-4-1-3(10)2-5(8)6(4)9;/h1-2,10H;/q;+1/p-1. The molecule has 0 saturated heterocycles. The van der Waals surface area contributed by atoms with E-state index in [-0.39, 0.29) is 50.4 Å². The molecule has 54 valence electrons. The van der Waals surface area contributed by atoms with Gasteiger partial charge in [-0.3, -0.25) is 0 Å². The summed E-state index contributed by atoms with van der Waals surface area (Å²) < 4.78 is 0. The van der Waals surface area contributed by atoms with E-state index in [0.717, 1.165) is 0 Å². The maximum atomic E-state index is 10.6. The molecule has 0 heterocycles. The van der Waals surface area contributed by atoms with Crippen molar-refractivity contribution in [2.75, 3.05) is 0 Å². The van der Waals surface area contributed by atoms with Gasteiger partial charge in [0.15, 0.2) is 0 Å². The molecule has 1 aromatic rings. The van der Waals surface area contributed by atoms with Crippen LogP contribution < -0.4 is 34.7 Å². The third-order valence-electron chi connectivity index (χ3n) is 0.957. The SMILES string of the molecule is [Na+].[O-]c1cc(Cl)c(Cl)c(Cl)c1. The minimum atomic E-state index is -0.237. The predicted octanol–water partition coefficient (Wildman–Crippen LogP) is -0.276. The molecule has 5 heteroatoms. The van der Waals surface area contributed by atoms with Gasteiger partial charge >= 0.3 is 29.6 Å². The van der Waals surface area contributed by atoms with Gasteiger partial charge in [-0.1, -0.05) is 34.8 Å². The minimum Gasteiger partial charge on any atom is -0.872 e. The van der Waals surface area contributed by atoms with Crippen LogP contribution in [0.15, 0.2) is 12.1 Å². The summed E-state index contributed by atoms with van der Waals surface area (Å²) in [6.07, 6.45) is 0. The molecule has 0 radical (unpaired) electrons. The number of rotatable bonds is 0. The first-order chi connectivity index (χ1) is 4.61. The summed E-state index contributed by atoms with van der Waals surface area (Å²) >= 11 is 16.6. The molecule has 0 fully saturated rings. The summed E-state index contributed by atoms with van der Waals surface area (Å²) in [5.74, 6) is -0.237. The third-order valence-corrected chi connectivity index (χ3v) is 2.15. The van der Waals surface area contributed by atoms with Crippen molar-refractivity contribution in [2.45, 2.75) is 0 Å². The van der Waals surface area contributed by atoms with Gasteiger partial charge in [-0.2, -0.15) is 0 Å². The molecule has 0 aliphatic carbocycles. The van der Waals surface area contributed by atoms with Gasteiger partial charge < -0.3 is 5.11 Å². The largest absolute Gasteiger partial charge is 1.00 e. The molecule has 1 aromatic carbocycles. The molecule has 0 saturated carbocycles. The zero-order chi connectivity index (χ0) is 7.72. The van der Waals surface area contributed by atoms with Gasteiger partial charge in [-0.15, -0.1) is 5.75 Å². The average molecular weight is 219 g/mol. The van der Waals surface area contributed by atoms with E-state index >= 15 is 0 Å². The summed E-state index contributed by atoms with van der Waals surface area (Å²) in [5, 5.41) is 11.2. The van der Waals surface area contributed by atoms with Crippen LogP contribution >= 0.6 is 34.8 Å². The monoisotopic (exact) mass is 218 g/mol. The minimum absolute atomic E-state index is 0. The van der Waals surface area contributed by atoms with Crippen molar-refractivity contribution in [1.82, 2.24) is 0 Å². The molecule has 0 aromatic heterocycles. The van der Waals surface area contributed by atoms with Crippen molar-refractivity contribution >= 4 is 34.8 Å². The second-order valence-corrected chi connectivity index (χ2v) is 2.89. The van der Waals surface area contributed by atoms with Gasteiger partial charge in [0.25, 0.3) is 0 Å². The van der Waals surface area contributed by atoms with Crippen LogP contribution in [-0.4, -0.2) is 0 Å². The number of benzene rings is 1. The molecule has 0 bridgehead atoms. The molecule has 0 amide bonds. The van der Waals surface area contributed by atoms with Crippen molar-refractivity contribution in [3.63, 3.8) is 0 Å². The Morgan fingerprint density at radius 2 is 1.36 bits per heavy atom. The fraction of sp³-hybridized carbons (Fsp3) is 0. The number of hydrogen-bond acceptors (Lipinski definition) is 1. The molecule has 1 nitrogen and oxygen atoms in total. The molecular weight excluding hydrogens is 217 g/mol. The van der Waals surface area contributed by atoms with E-state index in [2.05, 4.69) is 0 Å². The van der Waals surface area contributed by atoms with Crippen molar-refractivity contribution in [3.8, 4) is 5.75 Å². The Morgan fingerprint density at radius 1 is 1.00 bits per heavy atom. The van der Waals surface area contributed by atoms with Crippen LogP contribution in [0.2, 0.25) is 15.1 Å². The predicted molar refractivity (Wildman–Crippen MR) is 40.9 cm³/mol. The van der Waals surface area contributed by atoms with Gasteiger partial charge in [-0.05, 0) is 12.1 Å². The van der Waals surface area contributed by atoms with Gasteiger partial charge in [0, 0.05) is 0 Å². The smallest absolute Gasteiger partial charge is 0.872 e. The van der Waals surface area contributed by atoms with E-state index in [1.165, 1.54) is 12.1 Å². The molecular formula is C6H2Cl3NaO. The topological polar surface area (TPSA) is 23.1 Å². The Hall–Kier alpha value is 0.890. The zero-order valence-electron chi connectivity index (χ0n) is 5.70. The van der Waals surface area contributed by atoms with E-state index in [0.29, 0.717) is 0 Å².